The van der Waals surface area contributed by atoms with Gasteiger partial charge in [0.15, 0.2) is 0 Å². The van der Waals surface area contributed by atoms with Gasteiger partial charge in [0.05, 0.1) is 11.3 Å². The number of hydrogen-bond donors (Lipinski definition) is 2. The molecule has 0 saturated carbocycles. The first kappa shape index (κ1) is 12.5. The van der Waals surface area contributed by atoms with Gasteiger partial charge in [0.1, 0.15) is 11.9 Å². The smallest absolute Gasteiger partial charge is 0.227 e. The molecule has 4 nitrogen and oxygen atoms in total. The number of rotatable bonds is 2. The van der Waals surface area contributed by atoms with Crippen LogP contribution in [0, 0.1) is 23.1 Å². The SMILES string of the molecule is N#Cc1cc(F)ccc1NC(=O)C1CCNCC1. The summed E-state index contributed by atoms with van der Waals surface area (Å²) in [5.74, 6) is -0.617. The average molecular weight is 247 g/mol. The Morgan fingerprint density at radius 1 is 1.44 bits per heavy atom. The van der Waals surface area contributed by atoms with Gasteiger partial charge in [0.25, 0.3) is 0 Å². The van der Waals surface area contributed by atoms with Crippen LogP contribution in [0.15, 0.2) is 18.2 Å². The molecule has 0 aromatic heterocycles. The van der Waals surface area contributed by atoms with Crippen LogP contribution in [0.2, 0.25) is 0 Å². The molecule has 5 heteroatoms. The van der Waals surface area contributed by atoms with Gasteiger partial charge in [0, 0.05) is 5.92 Å². The van der Waals surface area contributed by atoms with E-state index in [-0.39, 0.29) is 17.4 Å². The van der Waals surface area contributed by atoms with E-state index >= 15 is 0 Å². The first-order valence-electron chi connectivity index (χ1n) is 5.92. The first-order chi connectivity index (χ1) is 8.70. The second kappa shape index (κ2) is 5.61. The number of nitrogens with zero attached hydrogens (tertiary/aromatic N) is 1. The fourth-order valence-electron chi connectivity index (χ4n) is 2.04. The van der Waals surface area contributed by atoms with Crippen molar-refractivity contribution >= 4 is 11.6 Å². The van der Waals surface area contributed by atoms with Crippen LogP contribution >= 0.6 is 0 Å². The van der Waals surface area contributed by atoms with Crippen LogP contribution in [-0.2, 0) is 4.79 Å². The van der Waals surface area contributed by atoms with E-state index in [4.69, 9.17) is 5.26 Å². The maximum Gasteiger partial charge on any atom is 0.227 e. The molecule has 2 rings (SSSR count). The predicted octanol–water partition coefficient (Wildman–Crippen LogP) is 1.64. The van der Waals surface area contributed by atoms with Crippen LogP contribution in [0.3, 0.4) is 0 Å². The minimum absolute atomic E-state index is 0.0390. The van der Waals surface area contributed by atoms with Gasteiger partial charge in [-0.15, -0.1) is 0 Å². The van der Waals surface area contributed by atoms with Crippen molar-refractivity contribution in [2.75, 3.05) is 18.4 Å². The number of amides is 1. The molecule has 1 fully saturated rings. The Balaban J connectivity index is 2.09. The fraction of sp³-hybridized carbons (Fsp3) is 0.385. The molecule has 18 heavy (non-hydrogen) atoms. The van der Waals surface area contributed by atoms with Crippen LogP contribution in [0.5, 0.6) is 0 Å². The molecule has 0 atom stereocenters. The molecule has 1 amide bonds. The molecule has 1 saturated heterocycles. The largest absolute Gasteiger partial charge is 0.325 e. The third-order valence-corrected chi connectivity index (χ3v) is 3.07. The molecule has 0 unspecified atom stereocenters. The molecule has 1 aromatic rings. The summed E-state index contributed by atoms with van der Waals surface area (Å²) >= 11 is 0. The Morgan fingerprint density at radius 2 is 2.17 bits per heavy atom. The molecule has 0 aliphatic carbocycles. The van der Waals surface area contributed by atoms with Crippen LogP contribution in [-0.4, -0.2) is 19.0 Å². The number of carbonyl (C=O) groups excluding carboxylic acids is 1. The van der Waals surface area contributed by atoms with Gasteiger partial charge >= 0.3 is 0 Å². The number of piperidine rings is 1. The highest BCUT2D eigenvalue weighted by Crippen LogP contribution is 2.19. The molecule has 1 aliphatic heterocycles. The van der Waals surface area contributed by atoms with Crippen LogP contribution in [0.1, 0.15) is 18.4 Å². The van der Waals surface area contributed by atoms with Crippen molar-refractivity contribution in [1.29, 1.82) is 5.26 Å². The topological polar surface area (TPSA) is 64.9 Å². The summed E-state index contributed by atoms with van der Waals surface area (Å²) in [6.07, 6.45) is 1.57. The lowest BCUT2D eigenvalue weighted by atomic mass is 9.97. The number of hydrogen-bond acceptors (Lipinski definition) is 3. The van der Waals surface area contributed by atoms with E-state index in [1.807, 2.05) is 6.07 Å². The second-order valence-corrected chi connectivity index (χ2v) is 4.32. The summed E-state index contributed by atoms with van der Waals surface area (Å²) in [6.45, 7) is 1.65. The van der Waals surface area contributed by atoms with Crippen molar-refractivity contribution in [3.63, 3.8) is 0 Å². The summed E-state index contributed by atoms with van der Waals surface area (Å²) in [7, 11) is 0. The summed E-state index contributed by atoms with van der Waals surface area (Å²) < 4.78 is 13.0. The highest BCUT2D eigenvalue weighted by Gasteiger charge is 2.21. The Kier molecular flexibility index (Phi) is 3.90. The lowest BCUT2D eigenvalue weighted by Gasteiger charge is -2.21. The standard InChI is InChI=1S/C13H14FN3O/c14-11-1-2-12(10(7-11)8-15)17-13(18)9-3-5-16-6-4-9/h1-2,7,9,16H,3-6H2,(H,17,18). The Bertz CT molecular complexity index is 489. The number of benzene rings is 1. The van der Waals surface area contributed by atoms with Crippen LogP contribution < -0.4 is 10.6 Å². The van der Waals surface area contributed by atoms with Gasteiger partial charge in [-0.2, -0.15) is 5.26 Å². The quantitative estimate of drug-likeness (QED) is 0.835. The third-order valence-electron chi connectivity index (χ3n) is 3.07. The molecule has 94 valence electrons. The molecule has 1 aliphatic rings. The summed E-state index contributed by atoms with van der Waals surface area (Å²) in [4.78, 5) is 12.0. The van der Waals surface area contributed by atoms with Crippen molar-refractivity contribution in [3.05, 3.63) is 29.6 Å². The van der Waals surface area contributed by atoms with E-state index in [1.165, 1.54) is 12.1 Å². The average Bonchev–Trinajstić information content (AvgIpc) is 2.41. The molecule has 0 spiro atoms. The van der Waals surface area contributed by atoms with Crippen molar-refractivity contribution in [2.24, 2.45) is 5.92 Å². The van der Waals surface area contributed by atoms with E-state index in [0.29, 0.717) is 5.69 Å². The molecule has 0 bridgehead atoms. The molecule has 0 radical (unpaired) electrons. The highest BCUT2D eigenvalue weighted by molar-refractivity contribution is 5.93. The number of anilines is 1. The molecule has 2 N–H and O–H groups in total. The zero-order chi connectivity index (χ0) is 13.0. The van der Waals surface area contributed by atoms with E-state index in [0.717, 1.165) is 32.0 Å². The summed E-state index contributed by atoms with van der Waals surface area (Å²) in [5.41, 5.74) is 0.528. The summed E-state index contributed by atoms with van der Waals surface area (Å²) in [6, 6.07) is 5.66. The van der Waals surface area contributed by atoms with Crippen LogP contribution in [0.4, 0.5) is 10.1 Å². The van der Waals surface area contributed by atoms with E-state index in [9.17, 15) is 9.18 Å². The highest BCUT2D eigenvalue weighted by atomic mass is 19.1. The van der Waals surface area contributed by atoms with Gasteiger partial charge < -0.3 is 10.6 Å². The molecule has 1 aromatic carbocycles. The molecule has 1 heterocycles. The van der Waals surface area contributed by atoms with Crippen molar-refractivity contribution < 1.29 is 9.18 Å². The van der Waals surface area contributed by atoms with Gasteiger partial charge in [-0.3, -0.25) is 4.79 Å². The molecular weight excluding hydrogens is 233 g/mol. The van der Waals surface area contributed by atoms with E-state index < -0.39 is 5.82 Å². The predicted molar refractivity (Wildman–Crippen MR) is 65.3 cm³/mol. The van der Waals surface area contributed by atoms with Crippen molar-refractivity contribution in [1.82, 2.24) is 5.32 Å². The zero-order valence-corrected chi connectivity index (χ0v) is 9.87. The fourth-order valence-corrected chi connectivity index (χ4v) is 2.04. The number of nitriles is 1. The number of halogens is 1. The number of carbonyl (C=O) groups is 1. The number of nitrogens with one attached hydrogen (secondary N) is 2. The minimum atomic E-state index is -0.480. The normalized spacial score (nSPS) is 16.0. The Labute approximate surface area is 105 Å². The van der Waals surface area contributed by atoms with Gasteiger partial charge in [0.2, 0.25) is 5.91 Å². The molecular formula is C13H14FN3O. The Morgan fingerprint density at radius 3 is 2.83 bits per heavy atom. The first-order valence-corrected chi connectivity index (χ1v) is 5.92. The Hall–Kier alpha value is -1.93. The maximum atomic E-state index is 13.0. The second-order valence-electron chi connectivity index (χ2n) is 4.32. The monoisotopic (exact) mass is 247 g/mol. The lowest BCUT2D eigenvalue weighted by molar-refractivity contribution is -0.120. The van der Waals surface area contributed by atoms with Crippen LogP contribution in [0.25, 0.3) is 0 Å². The van der Waals surface area contributed by atoms with E-state index in [1.54, 1.807) is 0 Å². The minimum Gasteiger partial charge on any atom is -0.325 e. The van der Waals surface area contributed by atoms with Crippen molar-refractivity contribution in [3.8, 4) is 6.07 Å². The third kappa shape index (κ3) is 2.84. The van der Waals surface area contributed by atoms with Crippen molar-refractivity contribution in [2.45, 2.75) is 12.8 Å². The van der Waals surface area contributed by atoms with Gasteiger partial charge in [-0.25, -0.2) is 4.39 Å². The zero-order valence-electron chi connectivity index (χ0n) is 9.87. The van der Waals surface area contributed by atoms with Gasteiger partial charge in [-0.1, -0.05) is 0 Å². The van der Waals surface area contributed by atoms with E-state index in [2.05, 4.69) is 10.6 Å². The maximum absolute atomic E-state index is 13.0. The lowest BCUT2D eigenvalue weighted by Crippen LogP contribution is -2.34. The van der Waals surface area contributed by atoms with Gasteiger partial charge in [-0.05, 0) is 44.1 Å². The summed E-state index contributed by atoms with van der Waals surface area (Å²) in [5, 5.41) is 14.8.